The molecule has 0 bridgehead atoms. The maximum absolute atomic E-state index is 14.4. The van der Waals surface area contributed by atoms with Gasteiger partial charge in [-0.25, -0.2) is 4.39 Å². The molecule has 1 spiro atoms. The molecule has 0 aliphatic carbocycles. The zero-order valence-electron chi connectivity index (χ0n) is 16.9. The van der Waals surface area contributed by atoms with Crippen molar-refractivity contribution in [2.45, 2.75) is 57.2 Å². The Balaban J connectivity index is 0.00000240. The second kappa shape index (κ2) is 7.92. The van der Waals surface area contributed by atoms with Crippen molar-refractivity contribution in [2.75, 3.05) is 6.61 Å². The predicted molar refractivity (Wildman–Crippen MR) is 113 cm³/mol. The zero-order chi connectivity index (χ0) is 19.9. The number of ether oxygens (including phenoxy) is 1. The number of carbonyl (C=O) groups excluding carboxylic acids is 1. The van der Waals surface area contributed by atoms with Gasteiger partial charge in [0.1, 0.15) is 17.1 Å². The van der Waals surface area contributed by atoms with Crippen LogP contribution in [0.25, 0.3) is 11.1 Å². The highest BCUT2D eigenvalue weighted by molar-refractivity contribution is 5.90. The lowest BCUT2D eigenvalue weighted by Crippen LogP contribution is -2.47. The van der Waals surface area contributed by atoms with E-state index in [2.05, 4.69) is 15.6 Å². The van der Waals surface area contributed by atoms with Gasteiger partial charge in [0.25, 0.3) is 0 Å². The van der Waals surface area contributed by atoms with Crippen LogP contribution in [0.3, 0.4) is 0 Å². The first-order chi connectivity index (χ1) is 13.3. The molecule has 1 aromatic heterocycles. The van der Waals surface area contributed by atoms with E-state index in [1.165, 1.54) is 6.07 Å². The molecule has 7 heteroatoms. The highest BCUT2D eigenvalue weighted by atomic mass is 35.5. The molecule has 2 atom stereocenters. The van der Waals surface area contributed by atoms with E-state index in [0.717, 1.165) is 30.5 Å². The molecule has 156 valence electrons. The number of hydrogen-bond acceptors (Lipinski definition) is 4. The second-order valence-electron chi connectivity index (χ2n) is 8.38. The summed E-state index contributed by atoms with van der Waals surface area (Å²) in [5.74, 6) is 0.403. The molecule has 0 radical (unpaired) electrons. The minimum atomic E-state index is -0.536. The number of nitrogens with one attached hydrogen (secondary N) is 2. The third-order valence-corrected chi connectivity index (χ3v) is 5.64. The third-order valence-electron chi connectivity index (χ3n) is 5.64. The Morgan fingerprint density at radius 2 is 2.07 bits per heavy atom. The largest absolute Gasteiger partial charge is 0.494 e. The standard InChI is InChI=1S/C22H26FN3O2.ClH/c1-4-28-15-5-6-17(23)16(12-15)14-8-10-24-19(11-14)18-7-9-22(25-18)13-21(2,3)26-20(22)27;/h5-6,8,10-12,18,25H,4,7,9,13H2,1-3H3,(H,26,27);1H/t18-,22-;/m0./s1. The number of halogens is 2. The Morgan fingerprint density at radius 3 is 2.76 bits per heavy atom. The van der Waals surface area contributed by atoms with Crippen molar-refractivity contribution < 1.29 is 13.9 Å². The van der Waals surface area contributed by atoms with Crippen molar-refractivity contribution >= 4 is 18.3 Å². The summed E-state index contributed by atoms with van der Waals surface area (Å²) in [6, 6.07) is 8.45. The summed E-state index contributed by atoms with van der Waals surface area (Å²) in [5.41, 5.74) is 1.32. The van der Waals surface area contributed by atoms with Crippen molar-refractivity contribution in [3.05, 3.63) is 48.0 Å². The van der Waals surface area contributed by atoms with Crippen molar-refractivity contribution in [1.29, 1.82) is 0 Å². The summed E-state index contributed by atoms with van der Waals surface area (Å²) < 4.78 is 19.9. The monoisotopic (exact) mass is 419 g/mol. The van der Waals surface area contributed by atoms with E-state index in [1.54, 1.807) is 24.4 Å². The van der Waals surface area contributed by atoms with Gasteiger partial charge in [0, 0.05) is 17.3 Å². The number of pyridine rings is 1. The molecule has 29 heavy (non-hydrogen) atoms. The third kappa shape index (κ3) is 4.09. The molecule has 2 N–H and O–H groups in total. The number of rotatable bonds is 4. The second-order valence-corrected chi connectivity index (χ2v) is 8.38. The minimum absolute atomic E-state index is 0. The van der Waals surface area contributed by atoms with E-state index in [4.69, 9.17) is 4.74 Å². The summed E-state index contributed by atoms with van der Waals surface area (Å²) in [6.45, 7) is 6.51. The first kappa shape index (κ1) is 21.5. The Kier molecular flexibility index (Phi) is 5.88. The van der Waals surface area contributed by atoms with E-state index < -0.39 is 5.54 Å². The Labute approximate surface area is 176 Å². The van der Waals surface area contributed by atoms with Gasteiger partial charge >= 0.3 is 0 Å². The number of amides is 1. The van der Waals surface area contributed by atoms with E-state index in [-0.39, 0.29) is 35.7 Å². The van der Waals surface area contributed by atoms with Crippen LogP contribution in [0.15, 0.2) is 36.5 Å². The number of hydrogen-bond donors (Lipinski definition) is 2. The van der Waals surface area contributed by atoms with Crippen LogP contribution in [-0.2, 0) is 4.79 Å². The molecule has 2 aliphatic heterocycles. The maximum atomic E-state index is 14.4. The lowest BCUT2D eigenvalue weighted by atomic mass is 9.88. The molecular weight excluding hydrogens is 393 g/mol. The first-order valence-electron chi connectivity index (χ1n) is 9.81. The van der Waals surface area contributed by atoms with Crippen molar-refractivity contribution in [1.82, 2.24) is 15.6 Å². The molecule has 1 amide bonds. The fourth-order valence-corrected chi connectivity index (χ4v) is 4.50. The number of nitrogens with zero attached hydrogens (tertiary/aromatic N) is 1. The number of benzene rings is 1. The Hall–Kier alpha value is -2.18. The van der Waals surface area contributed by atoms with E-state index >= 15 is 0 Å². The van der Waals surface area contributed by atoms with E-state index in [1.807, 2.05) is 26.8 Å². The molecule has 3 heterocycles. The highest BCUT2D eigenvalue weighted by Gasteiger charge is 2.54. The lowest BCUT2D eigenvalue weighted by Gasteiger charge is -2.24. The summed E-state index contributed by atoms with van der Waals surface area (Å²) in [4.78, 5) is 17.1. The van der Waals surface area contributed by atoms with E-state index in [0.29, 0.717) is 17.9 Å². The summed E-state index contributed by atoms with van der Waals surface area (Å²) in [6.07, 6.45) is 4.04. The molecular formula is C22H27ClFN3O2. The highest BCUT2D eigenvalue weighted by Crippen LogP contribution is 2.41. The smallest absolute Gasteiger partial charge is 0.240 e. The van der Waals surface area contributed by atoms with E-state index in [9.17, 15) is 9.18 Å². The van der Waals surface area contributed by atoms with Gasteiger partial charge in [-0.15, -0.1) is 12.4 Å². The van der Waals surface area contributed by atoms with Gasteiger partial charge in [-0.05, 0) is 75.9 Å². The van der Waals surface area contributed by atoms with Gasteiger partial charge in [0.05, 0.1) is 18.3 Å². The van der Waals surface area contributed by atoms with Gasteiger partial charge in [-0.2, -0.15) is 0 Å². The molecule has 0 unspecified atom stereocenters. The fourth-order valence-electron chi connectivity index (χ4n) is 4.50. The molecule has 2 saturated heterocycles. The quantitative estimate of drug-likeness (QED) is 0.780. The summed E-state index contributed by atoms with van der Waals surface area (Å²) in [5, 5.41) is 6.60. The van der Waals surface area contributed by atoms with Gasteiger partial charge in [0.2, 0.25) is 5.91 Å². The normalized spacial score (nSPS) is 25.0. The van der Waals surface area contributed by atoms with Gasteiger partial charge in [-0.1, -0.05) is 0 Å². The molecule has 1 aromatic carbocycles. The van der Waals surface area contributed by atoms with Crippen LogP contribution in [0.1, 0.15) is 51.8 Å². The van der Waals surface area contributed by atoms with Gasteiger partial charge in [-0.3, -0.25) is 15.1 Å². The Bertz CT molecular complexity index is 921. The van der Waals surface area contributed by atoms with Crippen LogP contribution in [-0.4, -0.2) is 28.6 Å². The summed E-state index contributed by atoms with van der Waals surface area (Å²) >= 11 is 0. The van der Waals surface area contributed by atoms with Crippen LogP contribution in [0, 0.1) is 5.82 Å². The van der Waals surface area contributed by atoms with Crippen LogP contribution in [0.4, 0.5) is 4.39 Å². The van der Waals surface area contributed by atoms with Crippen LogP contribution >= 0.6 is 12.4 Å². The molecule has 4 rings (SSSR count). The number of aromatic nitrogens is 1. The average molecular weight is 420 g/mol. The van der Waals surface area contributed by atoms with Crippen LogP contribution < -0.4 is 15.4 Å². The number of carbonyl (C=O) groups is 1. The molecule has 0 saturated carbocycles. The molecule has 2 aromatic rings. The molecule has 5 nitrogen and oxygen atoms in total. The predicted octanol–water partition coefficient (Wildman–Crippen LogP) is 4.17. The molecule has 2 fully saturated rings. The minimum Gasteiger partial charge on any atom is -0.494 e. The topological polar surface area (TPSA) is 63.2 Å². The SMILES string of the molecule is CCOc1ccc(F)c(-c2ccnc([C@@H]3CC[C@@]4(CC(C)(C)NC4=O)N3)c2)c1.Cl. The first-order valence-corrected chi connectivity index (χ1v) is 9.81. The fraction of sp³-hybridized carbons (Fsp3) is 0.455. The Morgan fingerprint density at radius 1 is 1.28 bits per heavy atom. The van der Waals surface area contributed by atoms with Crippen LogP contribution in [0.5, 0.6) is 5.75 Å². The zero-order valence-corrected chi connectivity index (χ0v) is 17.7. The van der Waals surface area contributed by atoms with Crippen LogP contribution in [0.2, 0.25) is 0 Å². The van der Waals surface area contributed by atoms with Gasteiger partial charge < -0.3 is 10.1 Å². The average Bonchev–Trinajstić information content (AvgIpc) is 3.17. The van der Waals surface area contributed by atoms with Gasteiger partial charge in [0.15, 0.2) is 0 Å². The summed E-state index contributed by atoms with van der Waals surface area (Å²) in [7, 11) is 0. The van der Waals surface area contributed by atoms with Crippen molar-refractivity contribution in [3.63, 3.8) is 0 Å². The maximum Gasteiger partial charge on any atom is 0.240 e. The lowest BCUT2D eigenvalue weighted by molar-refractivity contribution is -0.124. The van der Waals surface area contributed by atoms with Crippen molar-refractivity contribution in [2.24, 2.45) is 0 Å². The van der Waals surface area contributed by atoms with Crippen molar-refractivity contribution in [3.8, 4) is 16.9 Å². The molecule has 2 aliphatic rings.